The number of sulfonamides is 1. The Morgan fingerprint density at radius 2 is 1.96 bits per heavy atom. The number of carbonyl (C=O) groups excluding carboxylic acids is 1. The summed E-state index contributed by atoms with van der Waals surface area (Å²) in [5.41, 5.74) is -0.953. The van der Waals surface area contributed by atoms with Crippen LogP contribution in [0.5, 0.6) is 0 Å². The van der Waals surface area contributed by atoms with E-state index in [4.69, 9.17) is 0 Å². The summed E-state index contributed by atoms with van der Waals surface area (Å²) in [4.78, 5) is 23.3. The highest BCUT2D eigenvalue weighted by Gasteiger charge is 2.31. The number of H-pyrrole nitrogens is 1. The van der Waals surface area contributed by atoms with Crippen LogP contribution in [0.25, 0.3) is 11.0 Å². The molecule has 28 heavy (non-hydrogen) atoms. The lowest BCUT2D eigenvalue weighted by molar-refractivity contribution is 0.103. The molecule has 7 nitrogen and oxygen atoms in total. The number of nitrogens with zero attached hydrogens (tertiary/aromatic N) is 2. The second kappa shape index (κ2) is 6.93. The van der Waals surface area contributed by atoms with Crippen molar-refractivity contribution in [3.05, 3.63) is 53.6 Å². The minimum Gasteiger partial charge on any atom is -0.345 e. The van der Waals surface area contributed by atoms with Gasteiger partial charge in [0, 0.05) is 17.8 Å². The molecule has 1 aliphatic carbocycles. The van der Waals surface area contributed by atoms with Gasteiger partial charge in [0.2, 0.25) is 15.8 Å². The molecule has 2 N–H and O–H groups in total. The third-order valence-corrected chi connectivity index (χ3v) is 6.77. The highest BCUT2D eigenvalue weighted by molar-refractivity contribution is 7.93. The van der Waals surface area contributed by atoms with Crippen LogP contribution in [-0.4, -0.2) is 34.4 Å². The maximum Gasteiger partial charge on any atom is 0.235 e. The minimum atomic E-state index is -3.83. The zero-order chi connectivity index (χ0) is 19.9. The fraction of sp³-hybridized carbons (Fsp3) is 0.278. The third kappa shape index (κ3) is 3.13. The lowest BCUT2D eigenvalue weighted by Crippen LogP contribution is -2.26. The summed E-state index contributed by atoms with van der Waals surface area (Å²) in [6, 6.07) is 1.85. The van der Waals surface area contributed by atoms with E-state index < -0.39 is 43.9 Å². The van der Waals surface area contributed by atoms with Gasteiger partial charge in [0.05, 0.1) is 22.1 Å². The first-order valence-electron chi connectivity index (χ1n) is 8.70. The number of fused-ring (bicyclic) bond motifs is 1. The van der Waals surface area contributed by atoms with Crippen LogP contribution in [-0.2, 0) is 10.0 Å². The molecule has 0 spiro atoms. The molecule has 1 aliphatic rings. The SMILES string of the molecule is O=C(c1c(F)ccc(NS(=O)(=O)C2CCCC2)c1F)c1c[nH]c2ncncc12. The van der Waals surface area contributed by atoms with Crippen molar-refractivity contribution < 1.29 is 22.0 Å². The molecule has 1 saturated carbocycles. The molecule has 1 aromatic carbocycles. The third-order valence-electron chi connectivity index (χ3n) is 4.91. The monoisotopic (exact) mass is 406 g/mol. The van der Waals surface area contributed by atoms with Crippen LogP contribution >= 0.6 is 0 Å². The van der Waals surface area contributed by atoms with Crippen LogP contribution in [0.4, 0.5) is 14.5 Å². The molecular weight excluding hydrogens is 390 g/mol. The van der Waals surface area contributed by atoms with Gasteiger partial charge in [-0.05, 0) is 25.0 Å². The van der Waals surface area contributed by atoms with Crippen molar-refractivity contribution in [2.75, 3.05) is 4.72 Å². The van der Waals surface area contributed by atoms with Crippen LogP contribution in [0.3, 0.4) is 0 Å². The number of benzene rings is 1. The Bertz CT molecular complexity index is 1170. The number of ketones is 1. The van der Waals surface area contributed by atoms with E-state index in [1.165, 1.54) is 18.7 Å². The highest BCUT2D eigenvalue weighted by atomic mass is 32.2. The minimum absolute atomic E-state index is 0.01000. The Morgan fingerprint density at radius 1 is 1.21 bits per heavy atom. The van der Waals surface area contributed by atoms with Gasteiger partial charge >= 0.3 is 0 Å². The molecule has 2 heterocycles. The van der Waals surface area contributed by atoms with Crippen molar-refractivity contribution in [1.82, 2.24) is 15.0 Å². The molecule has 4 rings (SSSR count). The molecule has 10 heteroatoms. The van der Waals surface area contributed by atoms with Gasteiger partial charge in [0.15, 0.2) is 5.82 Å². The molecule has 0 atom stereocenters. The molecule has 146 valence electrons. The predicted molar refractivity (Wildman–Crippen MR) is 98.5 cm³/mol. The van der Waals surface area contributed by atoms with Crippen molar-refractivity contribution >= 4 is 32.5 Å². The Labute approximate surface area is 159 Å². The van der Waals surface area contributed by atoms with E-state index in [-0.39, 0.29) is 5.56 Å². The first-order chi connectivity index (χ1) is 13.4. The van der Waals surface area contributed by atoms with Crippen molar-refractivity contribution in [2.45, 2.75) is 30.9 Å². The number of carbonyl (C=O) groups is 1. The zero-order valence-corrected chi connectivity index (χ0v) is 15.4. The first-order valence-corrected chi connectivity index (χ1v) is 10.2. The van der Waals surface area contributed by atoms with Gasteiger partial charge in [-0.3, -0.25) is 9.52 Å². The van der Waals surface area contributed by atoms with E-state index in [9.17, 15) is 22.0 Å². The molecule has 3 aromatic rings. The number of rotatable bonds is 5. The topological polar surface area (TPSA) is 105 Å². The molecule has 0 unspecified atom stereocenters. The lowest BCUT2D eigenvalue weighted by Gasteiger charge is -2.15. The van der Waals surface area contributed by atoms with Crippen LogP contribution < -0.4 is 4.72 Å². The fourth-order valence-corrected chi connectivity index (χ4v) is 5.04. The van der Waals surface area contributed by atoms with Gasteiger partial charge in [-0.25, -0.2) is 27.2 Å². The molecule has 0 saturated heterocycles. The average molecular weight is 406 g/mol. The second-order valence-electron chi connectivity index (χ2n) is 6.65. The Morgan fingerprint density at radius 3 is 2.71 bits per heavy atom. The van der Waals surface area contributed by atoms with Crippen molar-refractivity contribution in [1.29, 1.82) is 0 Å². The summed E-state index contributed by atoms with van der Waals surface area (Å²) in [6.07, 6.45) is 6.45. The number of hydrogen-bond donors (Lipinski definition) is 2. The van der Waals surface area contributed by atoms with E-state index in [1.54, 1.807) is 0 Å². The number of aromatic amines is 1. The molecule has 0 bridgehead atoms. The van der Waals surface area contributed by atoms with E-state index in [1.807, 2.05) is 0 Å². The molecular formula is C18H16F2N4O3S. The summed E-state index contributed by atoms with van der Waals surface area (Å²) in [7, 11) is -3.83. The van der Waals surface area contributed by atoms with E-state index in [0.717, 1.165) is 25.0 Å². The summed E-state index contributed by atoms with van der Waals surface area (Å²) in [5.74, 6) is -3.27. The van der Waals surface area contributed by atoms with Crippen LogP contribution in [0.15, 0.2) is 30.9 Å². The molecule has 0 radical (unpaired) electrons. The predicted octanol–water partition coefficient (Wildman–Crippen LogP) is 3.15. The van der Waals surface area contributed by atoms with Crippen molar-refractivity contribution in [3.8, 4) is 0 Å². The second-order valence-corrected chi connectivity index (χ2v) is 8.61. The number of hydrogen-bond acceptors (Lipinski definition) is 5. The summed E-state index contributed by atoms with van der Waals surface area (Å²) < 4.78 is 56.4. The quantitative estimate of drug-likeness (QED) is 0.634. The van der Waals surface area contributed by atoms with Crippen LogP contribution in [0.1, 0.15) is 41.6 Å². The van der Waals surface area contributed by atoms with Crippen molar-refractivity contribution in [2.24, 2.45) is 0 Å². The van der Waals surface area contributed by atoms with Crippen LogP contribution in [0, 0.1) is 11.6 Å². The molecule has 1 fully saturated rings. The van der Waals surface area contributed by atoms with E-state index in [0.29, 0.717) is 23.9 Å². The molecule has 0 amide bonds. The summed E-state index contributed by atoms with van der Waals surface area (Å²) in [5, 5.41) is -0.315. The standard InChI is InChI=1S/C18H16F2N4O3S/c19-13-5-6-14(24-28(26,27)10-3-1-2-4-10)16(20)15(13)17(25)11-8-22-18-12(11)7-21-9-23-18/h5-10,24H,1-4H2,(H,21,22,23). The zero-order valence-electron chi connectivity index (χ0n) is 14.6. The van der Waals surface area contributed by atoms with Crippen molar-refractivity contribution in [3.63, 3.8) is 0 Å². The Balaban J connectivity index is 1.74. The van der Waals surface area contributed by atoms with Gasteiger partial charge < -0.3 is 4.98 Å². The maximum atomic E-state index is 15.0. The van der Waals surface area contributed by atoms with Gasteiger partial charge in [-0.2, -0.15) is 0 Å². The van der Waals surface area contributed by atoms with Gasteiger partial charge in [0.1, 0.15) is 17.8 Å². The van der Waals surface area contributed by atoms with Gasteiger partial charge in [0.25, 0.3) is 0 Å². The Hall–Kier alpha value is -2.88. The Kier molecular flexibility index (Phi) is 4.58. The number of halogens is 2. The number of nitrogens with one attached hydrogen (secondary N) is 2. The van der Waals surface area contributed by atoms with E-state index in [2.05, 4.69) is 19.7 Å². The average Bonchev–Trinajstić information content (AvgIpc) is 3.34. The normalized spacial score (nSPS) is 15.2. The molecule has 0 aliphatic heterocycles. The van der Waals surface area contributed by atoms with Gasteiger partial charge in [-0.1, -0.05) is 12.8 Å². The first kappa shape index (κ1) is 18.5. The summed E-state index contributed by atoms with van der Waals surface area (Å²) in [6.45, 7) is 0. The summed E-state index contributed by atoms with van der Waals surface area (Å²) >= 11 is 0. The maximum absolute atomic E-state index is 15.0. The highest BCUT2D eigenvalue weighted by Crippen LogP contribution is 2.30. The van der Waals surface area contributed by atoms with Crippen LogP contribution in [0.2, 0.25) is 0 Å². The van der Waals surface area contributed by atoms with E-state index >= 15 is 0 Å². The largest absolute Gasteiger partial charge is 0.345 e. The number of aromatic nitrogens is 3. The smallest absolute Gasteiger partial charge is 0.235 e. The lowest BCUT2D eigenvalue weighted by atomic mass is 10.0. The molecule has 2 aromatic heterocycles. The fourth-order valence-electron chi connectivity index (χ4n) is 3.46. The number of anilines is 1. The van der Waals surface area contributed by atoms with Gasteiger partial charge in [-0.15, -0.1) is 0 Å².